The van der Waals surface area contributed by atoms with Crippen LogP contribution in [-0.2, 0) is 16.0 Å². The molecule has 0 aliphatic heterocycles. The molecule has 0 atom stereocenters. The first-order chi connectivity index (χ1) is 8.99. The van der Waals surface area contributed by atoms with Crippen molar-refractivity contribution < 1.29 is 19.4 Å². The van der Waals surface area contributed by atoms with Crippen LogP contribution in [0.5, 0.6) is 0 Å². The number of hydrogen-bond acceptors (Lipinski definition) is 3. The molecule has 0 bridgehead atoms. The van der Waals surface area contributed by atoms with Crippen LogP contribution in [0.25, 0.3) is 0 Å². The van der Waals surface area contributed by atoms with E-state index in [0.29, 0.717) is 18.7 Å². The van der Waals surface area contributed by atoms with Crippen molar-refractivity contribution in [3.05, 3.63) is 35.4 Å². The molecule has 0 spiro atoms. The highest BCUT2D eigenvalue weighted by Crippen LogP contribution is 2.06. The maximum atomic E-state index is 11.6. The van der Waals surface area contributed by atoms with Gasteiger partial charge in [-0.25, -0.2) is 4.79 Å². The lowest BCUT2D eigenvalue weighted by atomic mass is 10.1. The minimum atomic E-state index is -0.993. The lowest BCUT2D eigenvalue weighted by molar-refractivity contribution is -0.120. The van der Waals surface area contributed by atoms with Gasteiger partial charge in [-0.05, 0) is 31.5 Å². The zero-order valence-electron chi connectivity index (χ0n) is 11.2. The number of amides is 1. The molecule has 5 heteroatoms. The van der Waals surface area contributed by atoms with E-state index in [1.807, 2.05) is 13.8 Å². The van der Waals surface area contributed by atoms with E-state index in [1.165, 1.54) is 12.1 Å². The normalized spacial score (nSPS) is 10.5. The Morgan fingerprint density at radius 3 is 2.74 bits per heavy atom. The lowest BCUT2D eigenvalue weighted by Crippen LogP contribution is -2.29. The van der Waals surface area contributed by atoms with E-state index in [4.69, 9.17) is 9.84 Å². The third-order valence-electron chi connectivity index (χ3n) is 2.41. The molecule has 1 amide bonds. The molecule has 5 nitrogen and oxygen atoms in total. The largest absolute Gasteiger partial charge is 0.478 e. The van der Waals surface area contributed by atoms with E-state index >= 15 is 0 Å². The lowest BCUT2D eigenvalue weighted by Gasteiger charge is -2.08. The standard InChI is InChI=1S/C14H19NO4/c1-10(2)19-7-6-15-13(16)9-11-4-3-5-12(8-11)14(17)18/h3-5,8,10H,6-7,9H2,1-2H3,(H,15,16)(H,17,18). The van der Waals surface area contributed by atoms with E-state index in [1.54, 1.807) is 12.1 Å². The molecule has 0 aliphatic carbocycles. The summed E-state index contributed by atoms with van der Waals surface area (Å²) in [5.74, 6) is -1.14. The Bertz CT molecular complexity index is 443. The number of carboxylic acids is 1. The highest BCUT2D eigenvalue weighted by molar-refractivity contribution is 5.88. The molecule has 0 saturated carbocycles. The third-order valence-corrected chi connectivity index (χ3v) is 2.41. The average molecular weight is 265 g/mol. The number of nitrogens with one attached hydrogen (secondary N) is 1. The van der Waals surface area contributed by atoms with Gasteiger partial charge in [0.15, 0.2) is 0 Å². The summed E-state index contributed by atoms with van der Waals surface area (Å²) in [7, 11) is 0. The van der Waals surface area contributed by atoms with Gasteiger partial charge in [0, 0.05) is 6.54 Å². The number of ether oxygens (including phenoxy) is 1. The number of aromatic carboxylic acids is 1. The quantitative estimate of drug-likeness (QED) is 0.732. The summed E-state index contributed by atoms with van der Waals surface area (Å²) in [5.41, 5.74) is 0.871. The number of benzene rings is 1. The Labute approximate surface area is 112 Å². The van der Waals surface area contributed by atoms with Gasteiger partial charge in [-0.3, -0.25) is 4.79 Å². The molecule has 2 N–H and O–H groups in total. The molecule has 0 fully saturated rings. The second-order valence-electron chi connectivity index (χ2n) is 4.45. The van der Waals surface area contributed by atoms with Crippen LogP contribution >= 0.6 is 0 Å². The predicted octanol–water partition coefficient (Wildman–Crippen LogP) is 1.47. The summed E-state index contributed by atoms with van der Waals surface area (Å²) in [6.45, 7) is 4.78. The molecule has 0 saturated heterocycles. The summed E-state index contributed by atoms with van der Waals surface area (Å²) < 4.78 is 5.30. The fourth-order valence-electron chi connectivity index (χ4n) is 1.55. The van der Waals surface area contributed by atoms with Gasteiger partial charge in [0.2, 0.25) is 5.91 Å². The summed E-state index contributed by atoms with van der Waals surface area (Å²) in [6, 6.07) is 6.37. The number of hydrogen-bond donors (Lipinski definition) is 2. The Hall–Kier alpha value is -1.88. The van der Waals surface area contributed by atoms with Crippen LogP contribution in [0.4, 0.5) is 0 Å². The Balaban J connectivity index is 2.40. The van der Waals surface area contributed by atoms with Gasteiger partial charge in [0.25, 0.3) is 0 Å². The van der Waals surface area contributed by atoms with Crippen LogP contribution in [0.15, 0.2) is 24.3 Å². The van der Waals surface area contributed by atoms with Crippen LogP contribution in [-0.4, -0.2) is 36.2 Å². The van der Waals surface area contributed by atoms with Crippen molar-refractivity contribution >= 4 is 11.9 Å². The van der Waals surface area contributed by atoms with Crippen LogP contribution in [0.3, 0.4) is 0 Å². The highest BCUT2D eigenvalue weighted by Gasteiger charge is 2.06. The molecule has 0 unspecified atom stereocenters. The second kappa shape index (κ2) is 7.53. The van der Waals surface area contributed by atoms with Crippen molar-refractivity contribution in [2.45, 2.75) is 26.4 Å². The van der Waals surface area contributed by atoms with Crippen molar-refractivity contribution in [3.8, 4) is 0 Å². The van der Waals surface area contributed by atoms with Gasteiger partial charge >= 0.3 is 5.97 Å². The van der Waals surface area contributed by atoms with Crippen molar-refractivity contribution in [2.75, 3.05) is 13.2 Å². The summed E-state index contributed by atoms with van der Waals surface area (Å²) in [6.07, 6.45) is 0.312. The molecule has 0 aliphatic rings. The van der Waals surface area contributed by atoms with Crippen LogP contribution < -0.4 is 5.32 Å². The zero-order chi connectivity index (χ0) is 14.3. The van der Waals surface area contributed by atoms with Crippen molar-refractivity contribution in [1.29, 1.82) is 0 Å². The van der Waals surface area contributed by atoms with Crippen molar-refractivity contribution in [2.24, 2.45) is 0 Å². The smallest absolute Gasteiger partial charge is 0.335 e. The molecule has 104 valence electrons. The molecule has 19 heavy (non-hydrogen) atoms. The minimum absolute atomic E-state index is 0.143. The summed E-state index contributed by atoms with van der Waals surface area (Å²) in [5, 5.41) is 11.6. The SMILES string of the molecule is CC(C)OCCNC(=O)Cc1cccc(C(=O)O)c1. The van der Waals surface area contributed by atoms with Gasteiger partial charge < -0.3 is 15.2 Å². The summed E-state index contributed by atoms with van der Waals surface area (Å²) in [4.78, 5) is 22.4. The molecule has 1 aromatic rings. The van der Waals surface area contributed by atoms with Gasteiger partial charge in [0.1, 0.15) is 0 Å². The minimum Gasteiger partial charge on any atom is -0.478 e. The van der Waals surface area contributed by atoms with Gasteiger partial charge in [-0.15, -0.1) is 0 Å². The first kappa shape index (κ1) is 15.2. The number of carbonyl (C=O) groups excluding carboxylic acids is 1. The molecular weight excluding hydrogens is 246 g/mol. The van der Waals surface area contributed by atoms with E-state index in [-0.39, 0.29) is 24.0 Å². The fraction of sp³-hybridized carbons (Fsp3) is 0.429. The topological polar surface area (TPSA) is 75.6 Å². The average Bonchev–Trinajstić information content (AvgIpc) is 2.34. The molecular formula is C14H19NO4. The predicted molar refractivity (Wildman–Crippen MR) is 71.2 cm³/mol. The first-order valence-corrected chi connectivity index (χ1v) is 6.19. The molecule has 0 heterocycles. The third kappa shape index (κ3) is 6.01. The highest BCUT2D eigenvalue weighted by atomic mass is 16.5. The van der Waals surface area contributed by atoms with Crippen molar-refractivity contribution in [1.82, 2.24) is 5.32 Å². The van der Waals surface area contributed by atoms with E-state index in [2.05, 4.69) is 5.32 Å². The number of carboxylic acid groups (broad SMARTS) is 1. The van der Waals surface area contributed by atoms with E-state index in [9.17, 15) is 9.59 Å². The van der Waals surface area contributed by atoms with Crippen LogP contribution in [0, 0.1) is 0 Å². The molecule has 0 radical (unpaired) electrons. The first-order valence-electron chi connectivity index (χ1n) is 6.19. The fourth-order valence-corrected chi connectivity index (χ4v) is 1.55. The van der Waals surface area contributed by atoms with Crippen LogP contribution in [0.1, 0.15) is 29.8 Å². The molecule has 1 rings (SSSR count). The zero-order valence-corrected chi connectivity index (χ0v) is 11.2. The van der Waals surface area contributed by atoms with Crippen LogP contribution in [0.2, 0.25) is 0 Å². The number of rotatable bonds is 7. The van der Waals surface area contributed by atoms with E-state index < -0.39 is 5.97 Å². The van der Waals surface area contributed by atoms with Gasteiger partial charge in [0.05, 0.1) is 24.7 Å². The maximum absolute atomic E-state index is 11.6. The van der Waals surface area contributed by atoms with E-state index in [0.717, 1.165) is 0 Å². The van der Waals surface area contributed by atoms with Gasteiger partial charge in [-0.1, -0.05) is 12.1 Å². The maximum Gasteiger partial charge on any atom is 0.335 e. The Kier molecular flexibility index (Phi) is 6.02. The number of carbonyl (C=O) groups is 2. The van der Waals surface area contributed by atoms with Crippen molar-refractivity contribution in [3.63, 3.8) is 0 Å². The van der Waals surface area contributed by atoms with Gasteiger partial charge in [-0.2, -0.15) is 0 Å². The Morgan fingerprint density at radius 2 is 2.11 bits per heavy atom. The second-order valence-corrected chi connectivity index (χ2v) is 4.45. The summed E-state index contributed by atoms with van der Waals surface area (Å²) >= 11 is 0. The monoisotopic (exact) mass is 265 g/mol. The molecule has 1 aromatic carbocycles. The Morgan fingerprint density at radius 1 is 1.37 bits per heavy atom. The molecule has 0 aromatic heterocycles.